The Balaban J connectivity index is 2.58. The molecule has 0 heterocycles. The largest absolute Gasteiger partial charge is 0.460 e. The van der Waals surface area contributed by atoms with E-state index in [1.807, 2.05) is 0 Å². The molecule has 2 amide bonds. The van der Waals surface area contributed by atoms with Crippen LogP contribution in [0.4, 0.5) is 4.79 Å². The lowest BCUT2D eigenvalue weighted by Crippen LogP contribution is -2.50. The van der Waals surface area contributed by atoms with Gasteiger partial charge in [0.05, 0.1) is 17.9 Å². The topological polar surface area (TPSA) is 88.1 Å². The first-order chi connectivity index (χ1) is 9.08. The Morgan fingerprint density at radius 2 is 2.11 bits per heavy atom. The number of rotatable bonds is 5. The summed E-state index contributed by atoms with van der Waals surface area (Å²) in [5.41, 5.74) is 0. The highest BCUT2D eigenvalue weighted by atomic mass is 35.5. The summed E-state index contributed by atoms with van der Waals surface area (Å²) in [7, 11) is 0. The summed E-state index contributed by atoms with van der Waals surface area (Å²) in [4.78, 5) is 33.3. The third-order valence-corrected chi connectivity index (χ3v) is 3.13. The molecule has 0 aliphatic heterocycles. The average molecular weight is 292 g/mol. The minimum absolute atomic E-state index is 0.0435. The van der Waals surface area contributed by atoms with Gasteiger partial charge in [-0.25, -0.2) is 4.79 Å². The average Bonchev–Trinajstić information content (AvgIpc) is 2.37. The Kier molecular flexibility index (Phi) is 6.55. The molecule has 1 saturated carbocycles. The molecule has 0 aromatic rings. The third kappa shape index (κ3) is 5.02. The second-order valence-corrected chi connectivity index (χ2v) is 4.76. The van der Waals surface area contributed by atoms with E-state index in [0.29, 0.717) is 12.8 Å². The van der Waals surface area contributed by atoms with Crippen molar-refractivity contribution in [3.8, 4) is 0 Å². The summed E-state index contributed by atoms with van der Waals surface area (Å²) in [5, 5.41) is 6.00. The number of nitrogens with one attached hydrogen (secondary N) is 1. The van der Waals surface area contributed by atoms with Crippen LogP contribution in [0.3, 0.4) is 0 Å². The van der Waals surface area contributed by atoms with Crippen molar-refractivity contribution in [2.45, 2.75) is 44.8 Å². The van der Waals surface area contributed by atoms with Crippen LogP contribution in [-0.2, 0) is 9.53 Å². The molecule has 7 nitrogen and oxygen atoms in total. The molecule has 0 radical (unpaired) electrons. The Labute approximate surface area is 116 Å². The Morgan fingerprint density at radius 3 is 2.68 bits per heavy atom. The van der Waals surface area contributed by atoms with Gasteiger partial charge in [-0.05, 0) is 19.3 Å². The van der Waals surface area contributed by atoms with Crippen molar-refractivity contribution in [2.75, 3.05) is 12.4 Å². The van der Waals surface area contributed by atoms with Gasteiger partial charge >= 0.3 is 12.0 Å². The fraction of sp³-hybridized carbons (Fsp3) is 0.818. The lowest BCUT2D eigenvalue weighted by atomic mass is 9.92. The zero-order valence-corrected chi connectivity index (χ0v) is 11.6. The molecule has 0 aromatic heterocycles. The summed E-state index contributed by atoms with van der Waals surface area (Å²) in [5.74, 6) is -0.255. The normalized spacial score (nSPS) is 22.4. The first-order valence-corrected chi connectivity index (χ1v) is 6.76. The number of halogens is 1. The van der Waals surface area contributed by atoms with Gasteiger partial charge in [0.15, 0.2) is 0 Å². The van der Waals surface area contributed by atoms with Crippen molar-refractivity contribution in [1.29, 1.82) is 0 Å². The molecule has 0 spiro atoms. The number of hydrogen-bond acceptors (Lipinski definition) is 5. The van der Waals surface area contributed by atoms with Crippen LogP contribution in [0.5, 0.6) is 0 Å². The number of nitrogens with zero attached hydrogens (tertiary/aromatic N) is 2. The molecule has 0 unspecified atom stereocenters. The van der Waals surface area contributed by atoms with Gasteiger partial charge in [0, 0.05) is 12.8 Å². The number of hydrogen-bond donors (Lipinski definition) is 1. The molecule has 1 fully saturated rings. The standard InChI is InChI=1S/C11H18ClN3O4/c1-8(16)19-10-5-3-2-4-9(10)13-11(17)15(14-18)7-6-12/h9-10H,2-7H2,1H3,(H,13,17)/t9-,10-/m0/s1. The van der Waals surface area contributed by atoms with E-state index in [4.69, 9.17) is 16.3 Å². The van der Waals surface area contributed by atoms with Gasteiger partial charge in [-0.15, -0.1) is 16.5 Å². The fourth-order valence-electron chi connectivity index (χ4n) is 2.11. The van der Waals surface area contributed by atoms with Gasteiger partial charge in [-0.3, -0.25) is 4.79 Å². The van der Waals surface area contributed by atoms with Crippen molar-refractivity contribution < 1.29 is 14.3 Å². The molecule has 8 heteroatoms. The molecular weight excluding hydrogens is 274 g/mol. The molecule has 0 saturated heterocycles. The summed E-state index contributed by atoms with van der Waals surface area (Å²) < 4.78 is 5.17. The fourth-order valence-corrected chi connectivity index (χ4v) is 2.27. The molecule has 0 bridgehead atoms. The van der Waals surface area contributed by atoms with E-state index in [9.17, 15) is 14.5 Å². The summed E-state index contributed by atoms with van der Waals surface area (Å²) in [6, 6.07) is -0.899. The highest BCUT2D eigenvalue weighted by molar-refractivity contribution is 6.18. The van der Waals surface area contributed by atoms with Crippen LogP contribution in [0, 0.1) is 4.91 Å². The molecule has 1 aliphatic carbocycles. The van der Waals surface area contributed by atoms with Gasteiger partial charge in [-0.1, -0.05) is 6.42 Å². The minimum atomic E-state index is -0.611. The van der Waals surface area contributed by atoms with Crippen molar-refractivity contribution >= 4 is 23.6 Å². The van der Waals surface area contributed by atoms with Crippen LogP contribution >= 0.6 is 11.6 Å². The molecule has 108 valence electrons. The van der Waals surface area contributed by atoms with Gasteiger partial charge in [0.1, 0.15) is 6.10 Å². The van der Waals surface area contributed by atoms with Gasteiger partial charge in [-0.2, -0.15) is 5.01 Å². The van der Waals surface area contributed by atoms with E-state index >= 15 is 0 Å². The van der Waals surface area contributed by atoms with E-state index in [1.165, 1.54) is 6.92 Å². The minimum Gasteiger partial charge on any atom is -0.460 e. The third-order valence-electron chi connectivity index (χ3n) is 2.96. The Morgan fingerprint density at radius 1 is 1.42 bits per heavy atom. The van der Waals surface area contributed by atoms with E-state index in [0.717, 1.165) is 17.9 Å². The summed E-state index contributed by atoms with van der Waals surface area (Å²) in [6.07, 6.45) is 2.94. The zero-order valence-electron chi connectivity index (χ0n) is 10.8. The number of urea groups is 1. The van der Waals surface area contributed by atoms with E-state index < -0.39 is 6.03 Å². The molecule has 1 rings (SSSR count). The molecule has 1 N–H and O–H groups in total. The van der Waals surface area contributed by atoms with E-state index in [2.05, 4.69) is 10.6 Å². The summed E-state index contributed by atoms with van der Waals surface area (Å²) in [6.45, 7) is 1.38. The number of carbonyl (C=O) groups excluding carboxylic acids is 2. The Hall–Kier alpha value is -1.37. The van der Waals surface area contributed by atoms with Crippen LogP contribution < -0.4 is 5.32 Å². The number of ether oxygens (including phenoxy) is 1. The van der Waals surface area contributed by atoms with E-state index in [1.54, 1.807) is 0 Å². The number of esters is 1. The SMILES string of the molecule is CC(=O)O[C@H]1CCCC[C@@H]1NC(=O)N(CCCl)N=O. The van der Waals surface area contributed by atoms with Crippen molar-refractivity contribution in [1.82, 2.24) is 10.3 Å². The zero-order chi connectivity index (χ0) is 14.3. The number of alkyl halides is 1. The maximum Gasteiger partial charge on any atom is 0.340 e. The molecular formula is C11H18ClN3O4. The molecule has 2 atom stereocenters. The molecule has 0 aromatic carbocycles. The molecule has 19 heavy (non-hydrogen) atoms. The first-order valence-electron chi connectivity index (χ1n) is 6.23. The van der Waals surface area contributed by atoms with Crippen molar-refractivity contribution in [2.24, 2.45) is 5.29 Å². The smallest absolute Gasteiger partial charge is 0.340 e. The van der Waals surface area contributed by atoms with Gasteiger partial charge in [0.25, 0.3) is 0 Å². The predicted octanol–water partition coefficient (Wildman–Crippen LogP) is 1.79. The van der Waals surface area contributed by atoms with E-state index in [-0.39, 0.29) is 30.5 Å². The molecule has 1 aliphatic rings. The van der Waals surface area contributed by atoms with Crippen molar-refractivity contribution in [3.05, 3.63) is 4.91 Å². The second kappa shape index (κ2) is 7.93. The van der Waals surface area contributed by atoms with Gasteiger partial charge < -0.3 is 10.1 Å². The number of amides is 2. The van der Waals surface area contributed by atoms with Crippen LogP contribution in [0.15, 0.2) is 5.29 Å². The lowest BCUT2D eigenvalue weighted by molar-refractivity contribution is -0.149. The maximum atomic E-state index is 11.8. The monoisotopic (exact) mass is 291 g/mol. The van der Waals surface area contributed by atoms with Crippen LogP contribution in [0.1, 0.15) is 32.6 Å². The van der Waals surface area contributed by atoms with Crippen molar-refractivity contribution in [3.63, 3.8) is 0 Å². The summed E-state index contributed by atoms with van der Waals surface area (Å²) >= 11 is 5.47. The Bertz CT molecular complexity index is 340. The van der Waals surface area contributed by atoms with Crippen LogP contribution in [-0.4, -0.2) is 41.6 Å². The quantitative estimate of drug-likeness (QED) is 0.362. The predicted molar refractivity (Wildman–Crippen MR) is 69.6 cm³/mol. The number of carbonyl (C=O) groups is 2. The first kappa shape index (κ1) is 15.7. The second-order valence-electron chi connectivity index (χ2n) is 4.38. The van der Waals surface area contributed by atoms with Crippen LogP contribution in [0.2, 0.25) is 0 Å². The van der Waals surface area contributed by atoms with Gasteiger partial charge in [0.2, 0.25) is 0 Å². The maximum absolute atomic E-state index is 11.8. The lowest BCUT2D eigenvalue weighted by Gasteiger charge is -2.32. The highest BCUT2D eigenvalue weighted by Gasteiger charge is 2.30. The van der Waals surface area contributed by atoms with Crippen LogP contribution in [0.25, 0.3) is 0 Å². The number of nitroso groups, excluding NO2 is 1. The highest BCUT2D eigenvalue weighted by Crippen LogP contribution is 2.21.